The Hall–Kier alpha value is -1.19. The fourth-order valence-corrected chi connectivity index (χ4v) is 116. The van der Waals surface area contributed by atoms with Gasteiger partial charge in [-0.2, -0.15) is 23.1 Å². The minimum atomic E-state index is -5.94. The maximum atomic E-state index is 11.1. The summed E-state index contributed by atoms with van der Waals surface area (Å²) in [4.78, 5) is 0. The van der Waals surface area contributed by atoms with Crippen LogP contribution < -0.4 is 84.9 Å². The third-order valence-corrected chi connectivity index (χ3v) is 90.8. The van der Waals surface area contributed by atoms with Crippen LogP contribution in [0.15, 0.2) is 288 Å². The van der Waals surface area contributed by atoms with Gasteiger partial charge in [-0.05, 0) is 141 Å². The molecule has 0 aliphatic carbocycles. The van der Waals surface area contributed by atoms with Crippen molar-refractivity contribution in [2.24, 2.45) is 4.30 Å². The Balaban J connectivity index is 0.000000463. The molecule has 531 valence electrons. The van der Waals surface area contributed by atoms with Crippen LogP contribution in [-0.2, 0) is 48.3 Å². The van der Waals surface area contributed by atoms with E-state index in [9.17, 15) is 4.21 Å². The molecule has 2 aliphatic heterocycles. The molecule has 0 saturated heterocycles. The fraction of sp³-hybridized carbons (Fsp3) is 0.105. The summed E-state index contributed by atoms with van der Waals surface area (Å²) in [5.41, 5.74) is 10.3. The molecule has 1 unspecified atom stereocenters. The number of thiol groups is 1. The van der Waals surface area contributed by atoms with Crippen LogP contribution in [0.1, 0.15) is 44.5 Å². The molecule has 2 aliphatic rings. The van der Waals surface area contributed by atoms with Crippen molar-refractivity contribution < 1.29 is 82.4 Å². The van der Waals surface area contributed by atoms with E-state index in [1.807, 2.05) is 90.6 Å². The van der Waals surface area contributed by atoms with Crippen molar-refractivity contribution in [1.29, 1.82) is 0 Å². The van der Waals surface area contributed by atoms with Crippen LogP contribution in [0.25, 0.3) is 10.8 Å². The summed E-state index contributed by atoms with van der Waals surface area (Å²) in [5, 5.41) is 12.5. The average molecular weight is 2070 g/mol. The molecule has 1 atom stereocenters. The number of thiophene rings is 1. The molecule has 0 saturated carbocycles. The van der Waals surface area contributed by atoms with Crippen molar-refractivity contribution in [3.63, 3.8) is 0 Å². The average Bonchev–Trinajstić information content (AvgIpc) is 1.13. The van der Waals surface area contributed by atoms with Crippen LogP contribution in [0, 0.1) is 13.8 Å². The number of nitrogens with zero attached hydrogens (tertiary/aromatic N) is 1. The third kappa shape index (κ3) is 31.8. The summed E-state index contributed by atoms with van der Waals surface area (Å²) in [7, 11) is 3.65. The van der Waals surface area contributed by atoms with Gasteiger partial charge < -0.3 is 11.0 Å². The first-order valence-electron chi connectivity index (χ1n) is 30.3. The van der Waals surface area contributed by atoms with Crippen LogP contribution in [-0.4, -0.2) is 90.4 Å². The Bertz CT molecular complexity index is 4170. The molecule has 5 radical (unpaired) electrons. The van der Waals surface area contributed by atoms with Crippen molar-refractivity contribution >= 4 is 250 Å². The second-order valence-electron chi connectivity index (χ2n) is 21.8. The summed E-state index contributed by atoms with van der Waals surface area (Å²) in [6.45, 7) is 4.13. The normalized spacial score (nSPS) is 11.8. The summed E-state index contributed by atoms with van der Waals surface area (Å²) < 4.78 is 65.5. The Morgan fingerprint density at radius 2 is 0.788 bits per heavy atom. The second kappa shape index (κ2) is 52.9. The molecule has 9 nitrogen and oxygen atoms in total. The Morgan fingerprint density at radius 3 is 1.18 bits per heavy atom. The molecule has 4 N–H and O–H groups in total. The van der Waals surface area contributed by atoms with Gasteiger partial charge in [0.2, 0.25) is 0 Å². The number of fused-ring (bicyclic) bond motifs is 3. The van der Waals surface area contributed by atoms with E-state index in [-0.39, 0.29) is 57.9 Å². The van der Waals surface area contributed by atoms with Crippen LogP contribution in [0.2, 0.25) is 25.1 Å². The van der Waals surface area contributed by atoms with E-state index in [1.54, 1.807) is 11.3 Å². The summed E-state index contributed by atoms with van der Waals surface area (Å²) in [5.74, 6) is 3.67. The predicted molar refractivity (Wildman–Crippen MR) is 450 cm³/mol. The van der Waals surface area contributed by atoms with Crippen molar-refractivity contribution in [3.8, 4) is 0 Å². The van der Waals surface area contributed by atoms with Gasteiger partial charge in [0.25, 0.3) is 0 Å². The van der Waals surface area contributed by atoms with Gasteiger partial charge in [-0.3, -0.25) is 18.0 Å². The number of alkyl halides is 2. The molecule has 12 aromatic rings. The SMILES string of the molecule is Cc1ccc(Cl)cc1C.Clc1ccc(CBr)c(CBr)c1.Clc1ccc2c(c1)CSC2.Clc1ccc2cscc2c1.O.O.O=S1Cc2ccc(Cl)cc2C1.[Al].[B]=NS.[Na+].[O-][I+3]([O-])([O-])[O-].[O]=[Al].c1cc[c]([Sn]([S][Sn]([c]2ccccc2)([c]2ccccc2)[c]2ccccc2)([c]2ccccc2)[c]2ccccc2)cc1. The third-order valence-electron chi connectivity index (χ3n) is 15.2. The summed E-state index contributed by atoms with van der Waals surface area (Å²) in [6, 6.07) is 98.2. The van der Waals surface area contributed by atoms with Crippen LogP contribution in [0.4, 0.5) is 0 Å². The van der Waals surface area contributed by atoms with E-state index in [1.165, 1.54) is 87.4 Å². The molecule has 1 aromatic heterocycles. The van der Waals surface area contributed by atoms with Gasteiger partial charge in [0.1, 0.15) is 20.1 Å². The molecule has 14 rings (SSSR count). The second-order valence-corrected chi connectivity index (χ2v) is 70.2. The van der Waals surface area contributed by atoms with E-state index in [2.05, 4.69) is 281 Å². The molecular weight excluding hydrogens is 2000 g/mol. The zero-order chi connectivity index (χ0) is 72.5. The zero-order valence-corrected chi connectivity index (χ0v) is 79.9. The first-order valence-corrected chi connectivity index (χ1v) is 58.8. The van der Waals surface area contributed by atoms with Gasteiger partial charge in [0.15, 0.2) is 0 Å². The summed E-state index contributed by atoms with van der Waals surface area (Å²) >= 11 is 30.4. The number of hydrogen-bond acceptors (Lipinski definition) is 11. The number of rotatable bonds is 10. The molecule has 28 heteroatoms. The standard InChI is InChI=1S/C8H7Br2Cl.C8H7ClOS.C8H7ClS.C8H5ClS.C8H9Cl.6C6H5.2Al.BHNS.IO4.Na.2H2O.O.S.2Sn/c9-4-6-1-2-8(11)3-7(6)5-10;9-8-2-1-6-4-11(10)5-7(6)3-8;2*9-8-2-1-6-4-10-5-7(6)3-8;1-6-3-4-8(9)5-7(6)2;6*1-2-4-6-5-3-1;;;1-2-3;2-1(3,4)5;;;;;;;/h2*1-3H,4-5H2;1-3H,4-5H2;1-5H;3-5H,1-2H3;6*1-5H;;;3H;;;2*1H2;;;;/q;;;;;;;;;;;;;;-1;+1;;;;;;. The first kappa shape index (κ1) is 98.9. The number of benzene rings is 11. The van der Waals surface area contributed by atoms with E-state index in [0.717, 1.165) is 52.8 Å². The van der Waals surface area contributed by atoms with Gasteiger partial charge in [0, 0.05) is 86.9 Å². The van der Waals surface area contributed by atoms with Crippen molar-refractivity contribution in [3.05, 3.63) is 353 Å². The Kier molecular flexibility index (Phi) is 50.3. The molecule has 0 fully saturated rings. The Morgan fingerprint density at radius 1 is 0.471 bits per heavy atom. The number of halogens is 8. The molecule has 3 heterocycles. The van der Waals surface area contributed by atoms with Crippen molar-refractivity contribution in [2.75, 3.05) is 0 Å². The van der Waals surface area contributed by atoms with Crippen LogP contribution in [0.3, 0.4) is 0 Å². The molecule has 0 bridgehead atoms. The van der Waals surface area contributed by atoms with Crippen LogP contribution >= 0.6 is 132 Å². The van der Waals surface area contributed by atoms with E-state index < -0.39 is 64.9 Å². The predicted octanol–water partition coefficient (Wildman–Crippen LogP) is 7.79. The van der Waals surface area contributed by atoms with Crippen molar-refractivity contribution in [1.82, 2.24) is 0 Å². The van der Waals surface area contributed by atoms with Crippen molar-refractivity contribution in [2.45, 2.75) is 47.5 Å². The minimum absolute atomic E-state index is 0. The monoisotopic (exact) mass is 2070 g/mol. The van der Waals surface area contributed by atoms with E-state index >= 15 is 0 Å². The van der Waals surface area contributed by atoms with Gasteiger partial charge in [-0.25, -0.2) is 0 Å². The molecule has 0 amide bonds. The van der Waals surface area contributed by atoms with Gasteiger partial charge in [-0.1, -0.05) is 120 Å². The maximum absolute atomic E-state index is 11.1. The number of aryl methyl sites for hydroxylation is 2. The molecule has 0 spiro atoms. The number of thioether (sulfide) groups is 1. The van der Waals surface area contributed by atoms with E-state index in [0.29, 0.717) is 11.5 Å². The van der Waals surface area contributed by atoms with E-state index in [4.69, 9.17) is 75.6 Å². The quantitative estimate of drug-likeness (QED) is 0.0619. The zero-order valence-electron chi connectivity index (χ0n) is 56.6. The topological polar surface area (TPSA) is 202 Å². The van der Waals surface area contributed by atoms with Gasteiger partial charge in [0.05, 0.1) is 0 Å². The first-order chi connectivity index (χ1) is 48.2. The molecule has 11 aromatic carbocycles. The molecular formula is C76H70Al2BBr2Cl5INNaO8S5Sn2. The van der Waals surface area contributed by atoms with Gasteiger partial charge >= 0.3 is 318 Å². The van der Waals surface area contributed by atoms with Crippen LogP contribution in [0.5, 0.6) is 0 Å². The molecule has 104 heavy (non-hydrogen) atoms. The Labute approximate surface area is 726 Å². The van der Waals surface area contributed by atoms with Gasteiger partial charge in [-0.15, -0.1) is 0 Å². The summed E-state index contributed by atoms with van der Waals surface area (Å²) in [6.07, 6.45) is 2.42. The number of hydrogen-bond donors (Lipinski definition) is 1. The fourth-order valence-electron chi connectivity index (χ4n) is 10.5.